The van der Waals surface area contributed by atoms with E-state index < -0.39 is 0 Å². The van der Waals surface area contributed by atoms with E-state index in [-0.39, 0.29) is 0 Å². The van der Waals surface area contributed by atoms with E-state index in [1.807, 2.05) is 29.8 Å². The molecule has 0 bridgehead atoms. The Morgan fingerprint density at radius 2 is 2.28 bits per heavy atom. The molecule has 0 aliphatic carbocycles. The molecule has 18 heavy (non-hydrogen) atoms. The van der Waals surface area contributed by atoms with Crippen molar-refractivity contribution in [2.24, 2.45) is 0 Å². The third-order valence-electron chi connectivity index (χ3n) is 3.03. The van der Waals surface area contributed by atoms with Crippen molar-refractivity contribution in [3.8, 4) is 0 Å². The summed E-state index contributed by atoms with van der Waals surface area (Å²) in [5.41, 5.74) is 1.30. The number of nitrogens with zero attached hydrogens (tertiary/aromatic N) is 1. The summed E-state index contributed by atoms with van der Waals surface area (Å²) >= 11 is 1.85. The third kappa shape index (κ3) is 3.93. The highest BCUT2D eigenvalue weighted by Crippen LogP contribution is 2.20. The summed E-state index contributed by atoms with van der Waals surface area (Å²) in [7, 11) is 0. The second-order valence-corrected chi connectivity index (χ2v) is 5.40. The molecular formula is C15H20N2S. The second-order valence-electron chi connectivity index (χ2n) is 4.37. The van der Waals surface area contributed by atoms with Crippen LogP contribution in [0, 0.1) is 0 Å². The third-order valence-corrected chi connectivity index (χ3v) is 3.97. The van der Waals surface area contributed by atoms with Crippen LogP contribution in [0.2, 0.25) is 0 Å². The number of hydrogen-bond acceptors (Lipinski definition) is 3. The standard InChI is InChI=1S/C15H20N2S/c1-2-17-15(13-6-4-10-16-12-13)9-3-7-14-8-5-11-18-14/h4-6,8,10-12,15,17H,2-3,7,9H2,1H3. The van der Waals surface area contributed by atoms with Crippen molar-refractivity contribution < 1.29 is 0 Å². The van der Waals surface area contributed by atoms with Crippen LogP contribution >= 0.6 is 11.3 Å². The molecule has 2 rings (SSSR count). The Morgan fingerprint density at radius 3 is 2.94 bits per heavy atom. The highest BCUT2D eigenvalue weighted by molar-refractivity contribution is 7.09. The van der Waals surface area contributed by atoms with Gasteiger partial charge in [-0.25, -0.2) is 0 Å². The predicted octanol–water partition coefficient (Wildman–Crippen LogP) is 3.82. The molecule has 1 unspecified atom stereocenters. The van der Waals surface area contributed by atoms with Crippen LogP contribution in [0.5, 0.6) is 0 Å². The zero-order valence-electron chi connectivity index (χ0n) is 10.8. The first-order valence-corrected chi connectivity index (χ1v) is 7.44. The second kappa shape index (κ2) is 7.29. The quantitative estimate of drug-likeness (QED) is 0.818. The summed E-state index contributed by atoms with van der Waals surface area (Å²) < 4.78 is 0. The summed E-state index contributed by atoms with van der Waals surface area (Å²) in [6, 6.07) is 8.95. The molecule has 0 amide bonds. The van der Waals surface area contributed by atoms with E-state index in [0.717, 1.165) is 13.0 Å². The van der Waals surface area contributed by atoms with Gasteiger partial charge in [-0.3, -0.25) is 4.98 Å². The molecule has 3 heteroatoms. The van der Waals surface area contributed by atoms with E-state index in [9.17, 15) is 0 Å². The normalized spacial score (nSPS) is 12.5. The smallest absolute Gasteiger partial charge is 0.0335 e. The molecule has 1 N–H and O–H groups in total. The van der Waals surface area contributed by atoms with Crippen LogP contribution in [0.25, 0.3) is 0 Å². The Morgan fingerprint density at radius 1 is 1.33 bits per heavy atom. The number of hydrogen-bond donors (Lipinski definition) is 1. The van der Waals surface area contributed by atoms with Gasteiger partial charge in [0.25, 0.3) is 0 Å². The van der Waals surface area contributed by atoms with Gasteiger partial charge in [0.05, 0.1) is 0 Å². The minimum absolute atomic E-state index is 0.434. The van der Waals surface area contributed by atoms with Crippen molar-refractivity contribution in [1.82, 2.24) is 10.3 Å². The fraction of sp³-hybridized carbons (Fsp3) is 0.400. The van der Waals surface area contributed by atoms with Crippen LogP contribution < -0.4 is 5.32 Å². The molecule has 2 nitrogen and oxygen atoms in total. The monoisotopic (exact) mass is 260 g/mol. The number of rotatable bonds is 7. The molecule has 0 fully saturated rings. The van der Waals surface area contributed by atoms with Crippen molar-refractivity contribution in [1.29, 1.82) is 0 Å². The van der Waals surface area contributed by atoms with Gasteiger partial charge < -0.3 is 5.32 Å². The molecule has 2 aromatic heterocycles. The Bertz CT molecular complexity index is 425. The summed E-state index contributed by atoms with van der Waals surface area (Å²) in [5.74, 6) is 0. The minimum atomic E-state index is 0.434. The molecule has 0 spiro atoms. The van der Waals surface area contributed by atoms with Crippen molar-refractivity contribution in [2.75, 3.05) is 6.54 Å². The number of pyridine rings is 1. The fourth-order valence-electron chi connectivity index (χ4n) is 2.15. The highest BCUT2D eigenvalue weighted by Gasteiger charge is 2.09. The zero-order chi connectivity index (χ0) is 12.6. The van der Waals surface area contributed by atoms with Crippen LogP contribution in [0.3, 0.4) is 0 Å². The van der Waals surface area contributed by atoms with E-state index in [2.05, 4.69) is 40.8 Å². The van der Waals surface area contributed by atoms with Gasteiger partial charge in [-0.1, -0.05) is 19.1 Å². The van der Waals surface area contributed by atoms with Crippen molar-refractivity contribution in [3.63, 3.8) is 0 Å². The first-order valence-electron chi connectivity index (χ1n) is 6.56. The van der Waals surface area contributed by atoms with Crippen LogP contribution in [-0.4, -0.2) is 11.5 Å². The molecule has 0 aliphatic rings. The molecule has 0 aromatic carbocycles. The van der Waals surface area contributed by atoms with Crippen LogP contribution in [-0.2, 0) is 6.42 Å². The number of thiophene rings is 1. The van der Waals surface area contributed by atoms with Gasteiger partial charge in [0.1, 0.15) is 0 Å². The molecule has 0 saturated heterocycles. The molecule has 2 heterocycles. The lowest BCUT2D eigenvalue weighted by Crippen LogP contribution is -2.21. The summed E-state index contributed by atoms with van der Waals surface area (Å²) in [6.07, 6.45) is 7.36. The van der Waals surface area contributed by atoms with Crippen LogP contribution in [0.4, 0.5) is 0 Å². The Labute approximate surface area is 113 Å². The van der Waals surface area contributed by atoms with E-state index in [0.29, 0.717) is 6.04 Å². The predicted molar refractivity (Wildman–Crippen MR) is 77.9 cm³/mol. The fourth-order valence-corrected chi connectivity index (χ4v) is 2.90. The topological polar surface area (TPSA) is 24.9 Å². The summed E-state index contributed by atoms with van der Waals surface area (Å²) in [6.45, 7) is 3.15. The van der Waals surface area contributed by atoms with Gasteiger partial charge in [0.15, 0.2) is 0 Å². The number of nitrogens with one attached hydrogen (secondary N) is 1. The lowest BCUT2D eigenvalue weighted by Gasteiger charge is -2.17. The zero-order valence-corrected chi connectivity index (χ0v) is 11.6. The minimum Gasteiger partial charge on any atom is -0.310 e. The SMILES string of the molecule is CCNC(CCCc1cccs1)c1cccnc1. The summed E-state index contributed by atoms with van der Waals surface area (Å²) in [4.78, 5) is 5.69. The van der Waals surface area contributed by atoms with Crippen molar-refractivity contribution in [3.05, 3.63) is 52.5 Å². The first kappa shape index (κ1) is 13.2. The van der Waals surface area contributed by atoms with E-state index in [4.69, 9.17) is 0 Å². The molecule has 2 aromatic rings. The lowest BCUT2D eigenvalue weighted by atomic mass is 10.0. The van der Waals surface area contributed by atoms with E-state index in [1.54, 1.807) is 0 Å². The number of aryl methyl sites for hydroxylation is 1. The average molecular weight is 260 g/mol. The lowest BCUT2D eigenvalue weighted by molar-refractivity contribution is 0.497. The maximum absolute atomic E-state index is 4.21. The van der Waals surface area contributed by atoms with Gasteiger partial charge in [-0.2, -0.15) is 0 Å². The van der Waals surface area contributed by atoms with Gasteiger partial charge in [0, 0.05) is 23.3 Å². The van der Waals surface area contributed by atoms with Crippen molar-refractivity contribution in [2.45, 2.75) is 32.2 Å². The average Bonchev–Trinajstić information content (AvgIpc) is 2.92. The molecule has 0 aliphatic heterocycles. The maximum Gasteiger partial charge on any atom is 0.0335 e. The molecular weight excluding hydrogens is 240 g/mol. The van der Waals surface area contributed by atoms with Crippen molar-refractivity contribution >= 4 is 11.3 Å². The maximum atomic E-state index is 4.21. The van der Waals surface area contributed by atoms with Gasteiger partial charge >= 0.3 is 0 Å². The van der Waals surface area contributed by atoms with Crippen LogP contribution in [0.15, 0.2) is 42.0 Å². The molecule has 1 atom stereocenters. The van der Waals surface area contributed by atoms with Crippen LogP contribution in [0.1, 0.15) is 36.2 Å². The molecule has 96 valence electrons. The van der Waals surface area contributed by atoms with E-state index >= 15 is 0 Å². The van der Waals surface area contributed by atoms with Gasteiger partial charge in [-0.05, 0) is 48.9 Å². The first-order chi connectivity index (χ1) is 8.90. The summed E-state index contributed by atoms with van der Waals surface area (Å²) in [5, 5.41) is 5.69. The largest absolute Gasteiger partial charge is 0.310 e. The Hall–Kier alpha value is -1.19. The number of aromatic nitrogens is 1. The highest BCUT2D eigenvalue weighted by atomic mass is 32.1. The molecule has 0 radical (unpaired) electrons. The Kier molecular flexibility index (Phi) is 5.36. The Balaban J connectivity index is 1.87. The van der Waals surface area contributed by atoms with Gasteiger partial charge in [-0.15, -0.1) is 11.3 Å². The molecule has 0 saturated carbocycles. The van der Waals surface area contributed by atoms with Gasteiger partial charge in [0.2, 0.25) is 0 Å². The van der Waals surface area contributed by atoms with E-state index in [1.165, 1.54) is 23.3 Å².